The summed E-state index contributed by atoms with van der Waals surface area (Å²) >= 11 is 1.27. The standard InChI is InChI=1S/C16H18N2O4S/c19-14(17-8-9-23-11-16(20)21)6-7-15-18-10-13(22-15)12-4-2-1-3-5-12/h1-5,10H,6-9,11H2,(H,17,19)(H,20,21). The van der Waals surface area contributed by atoms with Gasteiger partial charge in [0.05, 0.1) is 11.9 Å². The molecule has 0 saturated carbocycles. The number of amides is 1. The number of thioether (sulfide) groups is 1. The molecule has 0 fully saturated rings. The van der Waals surface area contributed by atoms with Crippen LogP contribution in [-0.2, 0) is 16.0 Å². The zero-order valence-corrected chi connectivity index (χ0v) is 13.3. The summed E-state index contributed by atoms with van der Waals surface area (Å²) in [6, 6.07) is 9.65. The summed E-state index contributed by atoms with van der Waals surface area (Å²) in [6.45, 7) is 0.456. The molecule has 0 radical (unpaired) electrons. The van der Waals surface area contributed by atoms with Crippen molar-refractivity contribution in [2.45, 2.75) is 12.8 Å². The molecule has 0 unspecified atom stereocenters. The lowest BCUT2D eigenvalue weighted by atomic mass is 10.2. The number of hydrogen-bond acceptors (Lipinski definition) is 5. The highest BCUT2D eigenvalue weighted by molar-refractivity contribution is 7.99. The number of benzene rings is 1. The molecule has 0 atom stereocenters. The topological polar surface area (TPSA) is 92.4 Å². The SMILES string of the molecule is O=C(O)CSCCNC(=O)CCc1ncc(-c2ccccc2)o1. The molecule has 0 aliphatic rings. The number of nitrogens with zero attached hydrogens (tertiary/aromatic N) is 1. The predicted molar refractivity (Wildman–Crippen MR) is 88.2 cm³/mol. The van der Waals surface area contributed by atoms with Gasteiger partial charge in [-0.3, -0.25) is 9.59 Å². The Labute approximate surface area is 138 Å². The lowest BCUT2D eigenvalue weighted by molar-refractivity contribution is -0.133. The lowest BCUT2D eigenvalue weighted by Gasteiger charge is -2.03. The van der Waals surface area contributed by atoms with Crippen LogP contribution in [0.5, 0.6) is 0 Å². The maximum absolute atomic E-state index is 11.7. The number of carbonyl (C=O) groups excluding carboxylic acids is 1. The predicted octanol–water partition coefficient (Wildman–Crippen LogP) is 2.21. The van der Waals surface area contributed by atoms with Crippen LogP contribution in [0.3, 0.4) is 0 Å². The highest BCUT2D eigenvalue weighted by Crippen LogP contribution is 2.20. The number of carboxylic acids is 1. The van der Waals surface area contributed by atoms with E-state index >= 15 is 0 Å². The van der Waals surface area contributed by atoms with Crippen LogP contribution in [0.4, 0.5) is 0 Å². The third kappa shape index (κ3) is 6.15. The van der Waals surface area contributed by atoms with Gasteiger partial charge < -0.3 is 14.8 Å². The van der Waals surface area contributed by atoms with Crippen molar-refractivity contribution in [1.82, 2.24) is 10.3 Å². The van der Waals surface area contributed by atoms with E-state index in [4.69, 9.17) is 9.52 Å². The summed E-state index contributed by atoms with van der Waals surface area (Å²) < 4.78 is 5.63. The summed E-state index contributed by atoms with van der Waals surface area (Å²) in [5, 5.41) is 11.2. The van der Waals surface area contributed by atoms with Gasteiger partial charge in [-0.25, -0.2) is 4.98 Å². The summed E-state index contributed by atoms with van der Waals surface area (Å²) in [5.41, 5.74) is 0.950. The van der Waals surface area contributed by atoms with Crippen molar-refractivity contribution in [2.24, 2.45) is 0 Å². The second kappa shape index (κ2) is 8.99. The number of hydrogen-bond donors (Lipinski definition) is 2. The number of carboxylic acid groups (broad SMARTS) is 1. The minimum absolute atomic E-state index is 0.0500. The Balaban J connectivity index is 1.69. The van der Waals surface area contributed by atoms with E-state index in [1.165, 1.54) is 11.8 Å². The molecule has 7 heteroatoms. The number of aryl methyl sites for hydroxylation is 1. The molecule has 6 nitrogen and oxygen atoms in total. The number of nitrogens with one attached hydrogen (secondary N) is 1. The zero-order chi connectivity index (χ0) is 16.5. The molecule has 1 heterocycles. The molecule has 122 valence electrons. The summed E-state index contributed by atoms with van der Waals surface area (Å²) in [4.78, 5) is 26.2. The first-order chi connectivity index (χ1) is 11.1. The molecule has 23 heavy (non-hydrogen) atoms. The minimum atomic E-state index is -0.848. The van der Waals surface area contributed by atoms with Crippen molar-refractivity contribution in [1.29, 1.82) is 0 Å². The van der Waals surface area contributed by atoms with E-state index in [-0.39, 0.29) is 11.7 Å². The summed E-state index contributed by atoms with van der Waals surface area (Å²) in [7, 11) is 0. The summed E-state index contributed by atoms with van der Waals surface area (Å²) in [5.74, 6) is 0.897. The van der Waals surface area contributed by atoms with Crippen LogP contribution in [-0.4, -0.2) is 40.0 Å². The van der Waals surface area contributed by atoms with Gasteiger partial charge in [-0.2, -0.15) is 0 Å². The zero-order valence-electron chi connectivity index (χ0n) is 12.5. The second-order valence-electron chi connectivity index (χ2n) is 4.78. The normalized spacial score (nSPS) is 10.4. The fourth-order valence-electron chi connectivity index (χ4n) is 1.89. The van der Waals surface area contributed by atoms with Crippen molar-refractivity contribution in [3.8, 4) is 11.3 Å². The quantitative estimate of drug-likeness (QED) is 0.683. The minimum Gasteiger partial charge on any atom is -0.481 e. The second-order valence-corrected chi connectivity index (χ2v) is 5.89. The van der Waals surface area contributed by atoms with E-state index in [1.807, 2.05) is 30.3 Å². The van der Waals surface area contributed by atoms with Crippen molar-refractivity contribution in [3.63, 3.8) is 0 Å². The summed E-state index contributed by atoms with van der Waals surface area (Å²) in [6.07, 6.45) is 2.38. The Morgan fingerprint density at radius 1 is 1.26 bits per heavy atom. The maximum Gasteiger partial charge on any atom is 0.313 e. The van der Waals surface area contributed by atoms with Gasteiger partial charge in [0.1, 0.15) is 0 Å². The molecule has 2 aromatic rings. The van der Waals surface area contributed by atoms with Crippen molar-refractivity contribution in [3.05, 3.63) is 42.4 Å². The molecule has 2 rings (SSSR count). The van der Waals surface area contributed by atoms with Crippen molar-refractivity contribution in [2.75, 3.05) is 18.1 Å². The molecular weight excluding hydrogens is 316 g/mol. The monoisotopic (exact) mass is 334 g/mol. The first-order valence-corrected chi connectivity index (χ1v) is 8.37. The molecule has 0 bridgehead atoms. The van der Waals surface area contributed by atoms with Gasteiger partial charge in [-0.15, -0.1) is 11.8 Å². The average molecular weight is 334 g/mol. The van der Waals surface area contributed by atoms with Gasteiger partial charge in [0.2, 0.25) is 5.91 Å². The molecule has 1 aromatic carbocycles. The Hall–Kier alpha value is -2.28. The lowest BCUT2D eigenvalue weighted by Crippen LogP contribution is -2.26. The van der Waals surface area contributed by atoms with Crippen molar-refractivity contribution >= 4 is 23.6 Å². The largest absolute Gasteiger partial charge is 0.481 e. The van der Waals surface area contributed by atoms with Gasteiger partial charge in [-0.05, 0) is 0 Å². The van der Waals surface area contributed by atoms with Crippen LogP contribution in [0.1, 0.15) is 12.3 Å². The fourth-order valence-corrected chi connectivity index (χ4v) is 2.46. The molecule has 0 spiro atoms. The highest BCUT2D eigenvalue weighted by Gasteiger charge is 2.08. The van der Waals surface area contributed by atoms with Crippen LogP contribution in [0.15, 0.2) is 40.9 Å². The number of rotatable bonds is 9. The third-order valence-electron chi connectivity index (χ3n) is 2.97. The Morgan fingerprint density at radius 2 is 2.04 bits per heavy atom. The number of oxazole rings is 1. The molecule has 0 aliphatic heterocycles. The third-order valence-corrected chi connectivity index (χ3v) is 3.92. The number of carbonyl (C=O) groups is 2. The first kappa shape index (κ1) is 17.1. The Bertz CT molecular complexity index is 643. The molecule has 2 N–H and O–H groups in total. The Morgan fingerprint density at radius 3 is 2.78 bits per heavy atom. The van der Waals surface area contributed by atoms with E-state index in [0.29, 0.717) is 36.8 Å². The smallest absolute Gasteiger partial charge is 0.313 e. The van der Waals surface area contributed by atoms with E-state index in [1.54, 1.807) is 6.20 Å². The van der Waals surface area contributed by atoms with Crippen molar-refractivity contribution < 1.29 is 19.1 Å². The first-order valence-electron chi connectivity index (χ1n) is 7.21. The van der Waals surface area contributed by atoms with Crippen LogP contribution in [0, 0.1) is 0 Å². The van der Waals surface area contributed by atoms with Crippen LogP contribution >= 0.6 is 11.8 Å². The molecule has 0 saturated heterocycles. The van der Waals surface area contributed by atoms with E-state index in [0.717, 1.165) is 5.56 Å². The van der Waals surface area contributed by atoms with Gasteiger partial charge in [0.25, 0.3) is 0 Å². The van der Waals surface area contributed by atoms with E-state index < -0.39 is 5.97 Å². The van der Waals surface area contributed by atoms with Crippen LogP contribution in [0.25, 0.3) is 11.3 Å². The fraction of sp³-hybridized carbons (Fsp3) is 0.312. The van der Waals surface area contributed by atoms with E-state index in [2.05, 4.69) is 10.3 Å². The van der Waals surface area contributed by atoms with Gasteiger partial charge in [-0.1, -0.05) is 30.3 Å². The Kier molecular flexibility index (Phi) is 6.68. The molecule has 1 amide bonds. The number of aromatic nitrogens is 1. The van der Waals surface area contributed by atoms with Gasteiger partial charge >= 0.3 is 5.97 Å². The van der Waals surface area contributed by atoms with E-state index in [9.17, 15) is 9.59 Å². The van der Waals surface area contributed by atoms with Crippen LogP contribution in [0.2, 0.25) is 0 Å². The number of aliphatic carboxylic acids is 1. The molecule has 1 aromatic heterocycles. The molecule has 0 aliphatic carbocycles. The van der Waals surface area contributed by atoms with Crippen LogP contribution < -0.4 is 5.32 Å². The van der Waals surface area contributed by atoms with Gasteiger partial charge in [0.15, 0.2) is 11.7 Å². The average Bonchev–Trinajstić information content (AvgIpc) is 3.02. The highest BCUT2D eigenvalue weighted by atomic mass is 32.2. The van der Waals surface area contributed by atoms with Gasteiger partial charge in [0, 0.05) is 30.7 Å². The molecular formula is C16H18N2O4S. The maximum atomic E-state index is 11.7.